The molecule has 1 rings (SSSR count). The summed E-state index contributed by atoms with van der Waals surface area (Å²) in [5.41, 5.74) is 0.515. The summed E-state index contributed by atoms with van der Waals surface area (Å²) < 4.78 is 16.4. The lowest BCUT2D eigenvalue weighted by Gasteiger charge is -2.34. The molecule has 32 heavy (non-hydrogen) atoms. The SMILES string of the molecule is CCCCCCCCCCCCCCCCCC[SiH3].CO[Si](OC)(OC)C1CCCCC1. The lowest BCUT2D eigenvalue weighted by atomic mass is 10.0. The molecule has 1 aliphatic carbocycles. The number of unbranched alkanes of at least 4 members (excludes halogenated alkanes) is 15. The molecule has 0 aliphatic heterocycles. The van der Waals surface area contributed by atoms with Gasteiger partial charge in [0.25, 0.3) is 0 Å². The summed E-state index contributed by atoms with van der Waals surface area (Å²) >= 11 is 0. The van der Waals surface area contributed by atoms with Gasteiger partial charge in [-0.3, -0.25) is 0 Å². The van der Waals surface area contributed by atoms with E-state index in [1.165, 1.54) is 151 Å². The van der Waals surface area contributed by atoms with Crippen molar-refractivity contribution >= 4 is 19.0 Å². The fourth-order valence-corrected chi connectivity index (χ4v) is 8.12. The smallest absolute Gasteiger partial charge is 0.377 e. The van der Waals surface area contributed by atoms with Crippen LogP contribution in [0.2, 0.25) is 11.6 Å². The van der Waals surface area contributed by atoms with Crippen LogP contribution < -0.4 is 0 Å². The lowest BCUT2D eigenvalue weighted by molar-refractivity contribution is 0.104. The monoisotopic (exact) mass is 488 g/mol. The minimum absolute atomic E-state index is 0.515. The highest BCUT2D eigenvalue weighted by atomic mass is 28.4. The summed E-state index contributed by atoms with van der Waals surface area (Å²) in [6, 6.07) is 1.51. The Bertz CT molecular complexity index is 335. The molecule has 5 heteroatoms. The molecule has 0 saturated heterocycles. The van der Waals surface area contributed by atoms with Gasteiger partial charge in [0.15, 0.2) is 0 Å². The van der Waals surface area contributed by atoms with Crippen molar-refractivity contribution in [3.05, 3.63) is 0 Å². The Kier molecular flexibility index (Phi) is 24.7. The van der Waals surface area contributed by atoms with E-state index in [0.717, 1.165) is 0 Å². The van der Waals surface area contributed by atoms with Crippen molar-refractivity contribution in [3.8, 4) is 0 Å². The largest absolute Gasteiger partial charge is 0.503 e. The molecule has 0 aromatic rings. The topological polar surface area (TPSA) is 27.7 Å². The first-order valence-corrected chi connectivity index (χ1v) is 17.6. The summed E-state index contributed by atoms with van der Waals surface area (Å²) in [5.74, 6) is 0. The first-order valence-electron chi connectivity index (χ1n) is 14.4. The molecule has 0 N–H and O–H groups in total. The molecule has 0 atom stereocenters. The highest BCUT2D eigenvalue weighted by molar-refractivity contribution is 6.62. The van der Waals surface area contributed by atoms with Crippen LogP contribution in [0.3, 0.4) is 0 Å². The van der Waals surface area contributed by atoms with E-state index in [1.54, 1.807) is 21.3 Å². The second-order valence-electron chi connectivity index (χ2n) is 9.85. The highest BCUT2D eigenvalue weighted by Crippen LogP contribution is 2.37. The summed E-state index contributed by atoms with van der Waals surface area (Å²) in [6.07, 6.45) is 30.0. The fourth-order valence-electron chi connectivity index (χ4n) is 5.00. The van der Waals surface area contributed by atoms with Crippen LogP contribution in [0.5, 0.6) is 0 Å². The van der Waals surface area contributed by atoms with Crippen molar-refractivity contribution in [3.63, 3.8) is 0 Å². The zero-order valence-electron chi connectivity index (χ0n) is 22.9. The Morgan fingerprint density at radius 3 is 1.22 bits per heavy atom. The van der Waals surface area contributed by atoms with E-state index in [1.807, 2.05) is 0 Å². The summed E-state index contributed by atoms with van der Waals surface area (Å²) in [5, 5.41) is 0. The zero-order valence-corrected chi connectivity index (χ0v) is 25.9. The standard InChI is InChI=1S/C18H40Si.C9H20O3Si/c1-2-3-4-5-6-7-8-9-10-11-12-13-14-15-16-17-18-19;1-10-13(11-2,12-3)9-7-5-4-6-8-9/h2-18H2,1,19H3;9H,4-8H2,1-3H3. The number of rotatable bonds is 20. The Labute approximate surface area is 206 Å². The Balaban J connectivity index is 0.000000641. The molecule has 0 aromatic heterocycles. The van der Waals surface area contributed by atoms with E-state index >= 15 is 0 Å². The molecular formula is C27H60O3Si2. The first-order chi connectivity index (χ1) is 15.7. The fraction of sp³-hybridized carbons (Fsp3) is 1.00. The normalized spacial score (nSPS) is 15.0. The molecule has 1 fully saturated rings. The predicted molar refractivity (Wildman–Crippen MR) is 148 cm³/mol. The third kappa shape index (κ3) is 16.9. The maximum atomic E-state index is 5.47. The van der Waals surface area contributed by atoms with Crippen LogP contribution in [0.15, 0.2) is 0 Å². The van der Waals surface area contributed by atoms with E-state index in [9.17, 15) is 0 Å². The molecule has 1 aliphatic rings. The molecule has 0 bridgehead atoms. The van der Waals surface area contributed by atoms with Gasteiger partial charge >= 0.3 is 8.80 Å². The van der Waals surface area contributed by atoms with Crippen LogP contribution in [0.4, 0.5) is 0 Å². The van der Waals surface area contributed by atoms with Crippen molar-refractivity contribution in [2.24, 2.45) is 0 Å². The minimum Gasteiger partial charge on any atom is -0.377 e. The van der Waals surface area contributed by atoms with Crippen molar-refractivity contribution in [1.29, 1.82) is 0 Å². The molecule has 0 spiro atoms. The molecule has 3 nitrogen and oxygen atoms in total. The van der Waals surface area contributed by atoms with E-state index < -0.39 is 8.80 Å². The van der Waals surface area contributed by atoms with Crippen LogP contribution in [-0.4, -0.2) is 40.4 Å². The Hall–Kier alpha value is 0.314. The molecular weight excluding hydrogens is 428 g/mol. The van der Waals surface area contributed by atoms with Crippen molar-refractivity contribution < 1.29 is 13.3 Å². The number of hydrogen-bond acceptors (Lipinski definition) is 3. The van der Waals surface area contributed by atoms with Crippen molar-refractivity contribution in [2.45, 2.75) is 153 Å². The first kappa shape index (κ1) is 32.3. The average molecular weight is 489 g/mol. The van der Waals surface area contributed by atoms with Gasteiger partial charge in [-0.05, 0) is 12.8 Å². The van der Waals surface area contributed by atoms with Gasteiger partial charge in [-0.25, -0.2) is 0 Å². The van der Waals surface area contributed by atoms with E-state index in [-0.39, 0.29) is 0 Å². The van der Waals surface area contributed by atoms with Crippen LogP contribution >= 0.6 is 0 Å². The zero-order chi connectivity index (χ0) is 23.8. The Morgan fingerprint density at radius 1 is 0.562 bits per heavy atom. The average Bonchev–Trinajstić information content (AvgIpc) is 2.84. The molecule has 0 aromatic carbocycles. The third-order valence-electron chi connectivity index (χ3n) is 7.17. The van der Waals surface area contributed by atoms with E-state index in [0.29, 0.717) is 5.54 Å². The summed E-state index contributed by atoms with van der Waals surface area (Å²) in [6.45, 7) is 2.30. The second-order valence-corrected chi connectivity index (χ2v) is 14.1. The minimum atomic E-state index is -2.32. The summed E-state index contributed by atoms with van der Waals surface area (Å²) in [7, 11) is 4.20. The Morgan fingerprint density at radius 2 is 0.906 bits per heavy atom. The van der Waals surface area contributed by atoms with Gasteiger partial charge in [0.1, 0.15) is 0 Å². The maximum absolute atomic E-state index is 5.47. The van der Waals surface area contributed by atoms with E-state index in [2.05, 4.69) is 6.92 Å². The van der Waals surface area contributed by atoms with Gasteiger partial charge in [0.05, 0.1) is 0 Å². The lowest BCUT2D eigenvalue weighted by Crippen LogP contribution is -2.48. The highest BCUT2D eigenvalue weighted by Gasteiger charge is 2.47. The molecule has 0 heterocycles. The summed E-state index contributed by atoms with van der Waals surface area (Å²) in [4.78, 5) is 0. The predicted octanol–water partition coefficient (Wildman–Crippen LogP) is 8.23. The van der Waals surface area contributed by atoms with Gasteiger partial charge in [-0.15, -0.1) is 0 Å². The quantitative estimate of drug-likeness (QED) is 0.127. The van der Waals surface area contributed by atoms with E-state index in [4.69, 9.17) is 13.3 Å². The van der Waals surface area contributed by atoms with Gasteiger partial charge < -0.3 is 13.3 Å². The van der Waals surface area contributed by atoms with Crippen LogP contribution in [-0.2, 0) is 13.3 Å². The molecule has 1 saturated carbocycles. The van der Waals surface area contributed by atoms with Crippen LogP contribution in [0.25, 0.3) is 0 Å². The third-order valence-corrected chi connectivity index (χ3v) is 11.2. The molecule has 194 valence electrons. The number of hydrogen-bond donors (Lipinski definition) is 0. The van der Waals surface area contributed by atoms with Gasteiger partial charge in [0.2, 0.25) is 0 Å². The second kappa shape index (κ2) is 24.4. The van der Waals surface area contributed by atoms with Gasteiger partial charge in [0, 0.05) is 37.1 Å². The van der Waals surface area contributed by atoms with Gasteiger partial charge in [-0.2, -0.15) is 0 Å². The maximum Gasteiger partial charge on any atom is 0.503 e. The van der Waals surface area contributed by atoms with Crippen LogP contribution in [0.1, 0.15) is 142 Å². The molecule has 0 unspecified atom stereocenters. The van der Waals surface area contributed by atoms with Crippen LogP contribution in [0, 0.1) is 0 Å². The molecule has 0 radical (unpaired) electrons. The van der Waals surface area contributed by atoms with Gasteiger partial charge in [-0.1, -0.05) is 135 Å². The van der Waals surface area contributed by atoms with Crippen molar-refractivity contribution in [1.82, 2.24) is 0 Å². The molecule has 0 amide bonds. The van der Waals surface area contributed by atoms with Crippen molar-refractivity contribution in [2.75, 3.05) is 21.3 Å².